The second-order valence-corrected chi connectivity index (χ2v) is 4.40. The van der Waals surface area contributed by atoms with E-state index in [1.807, 2.05) is 0 Å². The molecule has 0 unspecified atom stereocenters. The number of carboxylic acid groups (broad SMARTS) is 1. The highest BCUT2D eigenvalue weighted by molar-refractivity contribution is 5.98. The Hall–Kier alpha value is -2.75. The first-order chi connectivity index (χ1) is 9.66. The molecule has 0 aliphatic carbocycles. The van der Waals surface area contributed by atoms with Gasteiger partial charge in [0.05, 0.1) is 5.56 Å². The lowest BCUT2D eigenvalue weighted by molar-refractivity contribution is 0.0697. The molecule has 20 heavy (non-hydrogen) atoms. The third kappa shape index (κ3) is 2.01. The Balaban J connectivity index is 2.27. The number of carboxylic acids is 1. The number of halogens is 1. The highest BCUT2D eigenvalue weighted by Crippen LogP contribution is 2.30. The molecule has 0 radical (unpaired) electrons. The number of nitrogens with zero attached hydrogens (tertiary/aromatic N) is 1. The highest BCUT2D eigenvalue weighted by atomic mass is 19.1. The van der Waals surface area contributed by atoms with Gasteiger partial charge in [-0.1, -0.05) is 18.2 Å². The van der Waals surface area contributed by atoms with Gasteiger partial charge in [0.2, 0.25) is 0 Å². The Kier molecular flexibility index (Phi) is 2.91. The zero-order valence-corrected chi connectivity index (χ0v) is 10.4. The first kappa shape index (κ1) is 12.3. The van der Waals surface area contributed by atoms with Crippen LogP contribution in [0.4, 0.5) is 4.39 Å². The Morgan fingerprint density at radius 3 is 2.75 bits per heavy atom. The fraction of sp³-hybridized carbons (Fsp3) is 0. The number of carbonyl (C=O) groups is 1. The molecule has 3 nitrogen and oxygen atoms in total. The van der Waals surface area contributed by atoms with Gasteiger partial charge in [0.25, 0.3) is 0 Å². The molecule has 0 bridgehead atoms. The van der Waals surface area contributed by atoms with Crippen LogP contribution in [0, 0.1) is 5.82 Å². The largest absolute Gasteiger partial charge is 0.478 e. The number of pyridine rings is 1. The van der Waals surface area contributed by atoms with Gasteiger partial charge in [-0.3, -0.25) is 4.98 Å². The van der Waals surface area contributed by atoms with Gasteiger partial charge in [-0.15, -0.1) is 0 Å². The number of hydrogen-bond acceptors (Lipinski definition) is 2. The Morgan fingerprint density at radius 2 is 1.95 bits per heavy atom. The Labute approximate surface area is 114 Å². The van der Waals surface area contributed by atoms with Gasteiger partial charge >= 0.3 is 5.97 Å². The van der Waals surface area contributed by atoms with Crippen molar-refractivity contribution in [1.29, 1.82) is 0 Å². The number of rotatable bonds is 2. The van der Waals surface area contributed by atoms with Crippen LogP contribution in [0.3, 0.4) is 0 Å². The van der Waals surface area contributed by atoms with Gasteiger partial charge in [0, 0.05) is 17.8 Å². The monoisotopic (exact) mass is 267 g/mol. The zero-order chi connectivity index (χ0) is 14.1. The summed E-state index contributed by atoms with van der Waals surface area (Å²) in [4.78, 5) is 15.0. The molecular weight excluding hydrogens is 257 g/mol. The van der Waals surface area contributed by atoms with Crippen LogP contribution < -0.4 is 0 Å². The first-order valence-electron chi connectivity index (χ1n) is 6.03. The quantitative estimate of drug-likeness (QED) is 0.769. The molecule has 3 aromatic rings. The summed E-state index contributed by atoms with van der Waals surface area (Å²) in [5, 5.41) is 10.2. The second kappa shape index (κ2) is 4.74. The van der Waals surface area contributed by atoms with E-state index in [9.17, 15) is 9.18 Å². The average Bonchev–Trinajstić information content (AvgIpc) is 2.48. The van der Waals surface area contributed by atoms with Gasteiger partial charge in [-0.05, 0) is 40.8 Å². The molecule has 3 rings (SSSR count). The van der Waals surface area contributed by atoms with Crippen LogP contribution in [0.5, 0.6) is 0 Å². The van der Waals surface area contributed by atoms with Crippen molar-refractivity contribution in [2.75, 3.05) is 0 Å². The maximum atomic E-state index is 13.8. The SMILES string of the molecule is O=C(O)c1cccc(-c2ccc(F)c3cnccc23)c1. The topological polar surface area (TPSA) is 50.2 Å². The number of aromatic carboxylic acids is 1. The van der Waals surface area contributed by atoms with E-state index in [0.29, 0.717) is 10.8 Å². The molecule has 0 fully saturated rings. The van der Waals surface area contributed by atoms with Crippen molar-refractivity contribution in [3.63, 3.8) is 0 Å². The third-order valence-corrected chi connectivity index (χ3v) is 3.19. The third-order valence-electron chi connectivity index (χ3n) is 3.19. The molecule has 1 N–H and O–H groups in total. The predicted octanol–water partition coefficient (Wildman–Crippen LogP) is 3.74. The van der Waals surface area contributed by atoms with Crippen LogP contribution in [0.1, 0.15) is 10.4 Å². The Bertz CT molecular complexity index is 814. The van der Waals surface area contributed by atoms with E-state index in [-0.39, 0.29) is 11.4 Å². The van der Waals surface area contributed by atoms with E-state index in [1.165, 1.54) is 18.3 Å². The van der Waals surface area contributed by atoms with Gasteiger partial charge in [0.15, 0.2) is 0 Å². The van der Waals surface area contributed by atoms with Gasteiger partial charge in [-0.25, -0.2) is 9.18 Å². The van der Waals surface area contributed by atoms with Crippen LogP contribution in [0.2, 0.25) is 0 Å². The number of benzene rings is 2. The molecule has 0 aliphatic heterocycles. The van der Waals surface area contributed by atoms with E-state index in [0.717, 1.165) is 11.1 Å². The summed E-state index contributed by atoms with van der Waals surface area (Å²) in [5.74, 6) is -1.33. The van der Waals surface area contributed by atoms with Crippen molar-refractivity contribution >= 4 is 16.7 Å². The smallest absolute Gasteiger partial charge is 0.335 e. The van der Waals surface area contributed by atoms with Crippen LogP contribution in [0.25, 0.3) is 21.9 Å². The van der Waals surface area contributed by atoms with E-state index in [2.05, 4.69) is 4.98 Å². The summed E-state index contributed by atoms with van der Waals surface area (Å²) < 4.78 is 13.8. The minimum atomic E-state index is -0.986. The molecular formula is C16H10FNO2. The first-order valence-corrected chi connectivity index (χ1v) is 6.03. The highest BCUT2D eigenvalue weighted by Gasteiger charge is 2.09. The van der Waals surface area contributed by atoms with Gasteiger partial charge in [0.1, 0.15) is 5.82 Å². The van der Waals surface area contributed by atoms with Crippen molar-refractivity contribution in [3.8, 4) is 11.1 Å². The summed E-state index contributed by atoms with van der Waals surface area (Å²) in [6, 6.07) is 11.3. The fourth-order valence-corrected chi connectivity index (χ4v) is 2.23. The van der Waals surface area contributed by atoms with E-state index in [1.54, 1.807) is 36.5 Å². The van der Waals surface area contributed by atoms with Gasteiger partial charge in [-0.2, -0.15) is 0 Å². The number of fused-ring (bicyclic) bond motifs is 1. The summed E-state index contributed by atoms with van der Waals surface area (Å²) in [7, 11) is 0. The fourth-order valence-electron chi connectivity index (χ4n) is 2.23. The van der Waals surface area contributed by atoms with Crippen molar-refractivity contribution in [2.24, 2.45) is 0 Å². The van der Waals surface area contributed by atoms with E-state index < -0.39 is 5.97 Å². The Morgan fingerprint density at radius 1 is 1.10 bits per heavy atom. The van der Waals surface area contributed by atoms with Crippen LogP contribution in [-0.4, -0.2) is 16.1 Å². The maximum absolute atomic E-state index is 13.8. The van der Waals surface area contributed by atoms with Crippen LogP contribution >= 0.6 is 0 Å². The summed E-state index contributed by atoms with van der Waals surface area (Å²) in [6.45, 7) is 0. The van der Waals surface area contributed by atoms with E-state index >= 15 is 0 Å². The molecule has 0 spiro atoms. The molecule has 1 heterocycles. The van der Waals surface area contributed by atoms with Crippen LogP contribution in [0.15, 0.2) is 54.9 Å². The van der Waals surface area contributed by atoms with Crippen molar-refractivity contribution in [1.82, 2.24) is 4.98 Å². The minimum Gasteiger partial charge on any atom is -0.478 e. The lowest BCUT2D eigenvalue weighted by atomic mass is 9.98. The predicted molar refractivity (Wildman–Crippen MR) is 74.1 cm³/mol. The number of aromatic nitrogens is 1. The molecule has 0 atom stereocenters. The summed E-state index contributed by atoms with van der Waals surface area (Å²) in [5.41, 5.74) is 1.72. The maximum Gasteiger partial charge on any atom is 0.335 e. The minimum absolute atomic E-state index is 0.203. The molecule has 1 aromatic heterocycles. The molecule has 98 valence electrons. The lowest BCUT2D eigenvalue weighted by Gasteiger charge is -2.08. The molecule has 0 saturated carbocycles. The van der Waals surface area contributed by atoms with E-state index in [4.69, 9.17) is 5.11 Å². The molecule has 0 saturated heterocycles. The second-order valence-electron chi connectivity index (χ2n) is 4.40. The molecule has 2 aromatic carbocycles. The van der Waals surface area contributed by atoms with Crippen molar-refractivity contribution in [3.05, 3.63) is 66.2 Å². The summed E-state index contributed by atoms with van der Waals surface area (Å²) >= 11 is 0. The number of hydrogen-bond donors (Lipinski definition) is 1. The zero-order valence-electron chi connectivity index (χ0n) is 10.4. The molecule has 0 aliphatic rings. The lowest BCUT2D eigenvalue weighted by Crippen LogP contribution is -1.96. The van der Waals surface area contributed by atoms with Gasteiger partial charge < -0.3 is 5.11 Å². The summed E-state index contributed by atoms with van der Waals surface area (Å²) in [6.07, 6.45) is 3.06. The van der Waals surface area contributed by atoms with Crippen LogP contribution in [-0.2, 0) is 0 Å². The normalized spacial score (nSPS) is 10.7. The van der Waals surface area contributed by atoms with Crippen molar-refractivity contribution < 1.29 is 14.3 Å². The standard InChI is InChI=1S/C16H10FNO2/c17-15-5-4-12(13-6-7-18-9-14(13)15)10-2-1-3-11(8-10)16(19)20/h1-9H,(H,19,20). The van der Waals surface area contributed by atoms with Crippen molar-refractivity contribution in [2.45, 2.75) is 0 Å². The molecule has 4 heteroatoms. The molecule has 0 amide bonds. The average molecular weight is 267 g/mol.